The van der Waals surface area contributed by atoms with Crippen LogP contribution in [0, 0.1) is 0 Å². The SMILES string of the molecule is COC(=O)c1ccc(C(=O)NCc2ccccc2CN2CCOCC2)s1. The Morgan fingerprint density at radius 2 is 1.81 bits per heavy atom. The fourth-order valence-corrected chi connectivity index (χ4v) is 3.66. The second-order valence-electron chi connectivity index (χ2n) is 6.00. The van der Waals surface area contributed by atoms with Gasteiger partial charge in [0.1, 0.15) is 4.88 Å². The van der Waals surface area contributed by atoms with Crippen molar-refractivity contribution in [3.8, 4) is 0 Å². The predicted molar refractivity (Wildman–Crippen MR) is 99.4 cm³/mol. The van der Waals surface area contributed by atoms with Crippen LogP contribution in [0.1, 0.15) is 30.5 Å². The molecule has 7 heteroatoms. The third-order valence-corrected chi connectivity index (χ3v) is 5.34. The maximum absolute atomic E-state index is 12.4. The molecule has 0 aliphatic carbocycles. The minimum Gasteiger partial charge on any atom is -0.465 e. The number of nitrogens with zero attached hydrogens (tertiary/aromatic N) is 1. The zero-order valence-corrected chi connectivity index (χ0v) is 15.5. The van der Waals surface area contributed by atoms with Crippen LogP contribution in [0.4, 0.5) is 0 Å². The summed E-state index contributed by atoms with van der Waals surface area (Å²) in [6.07, 6.45) is 0. The van der Waals surface area contributed by atoms with Crippen molar-refractivity contribution in [2.75, 3.05) is 33.4 Å². The first-order chi connectivity index (χ1) is 12.7. The van der Waals surface area contributed by atoms with Crippen LogP contribution in [0.15, 0.2) is 36.4 Å². The van der Waals surface area contributed by atoms with Gasteiger partial charge in [0.05, 0.1) is 25.2 Å². The van der Waals surface area contributed by atoms with Crippen LogP contribution in [0.5, 0.6) is 0 Å². The van der Waals surface area contributed by atoms with Gasteiger partial charge in [-0.1, -0.05) is 24.3 Å². The number of thiophene rings is 1. The van der Waals surface area contributed by atoms with Crippen LogP contribution in [-0.2, 0) is 22.6 Å². The summed E-state index contributed by atoms with van der Waals surface area (Å²) in [7, 11) is 1.33. The molecule has 3 rings (SSSR count). The van der Waals surface area contributed by atoms with Crippen molar-refractivity contribution < 1.29 is 19.1 Å². The Labute approximate surface area is 156 Å². The third-order valence-electron chi connectivity index (χ3n) is 4.27. The number of hydrogen-bond acceptors (Lipinski definition) is 6. The van der Waals surface area contributed by atoms with Gasteiger partial charge in [-0.05, 0) is 23.3 Å². The topological polar surface area (TPSA) is 67.9 Å². The highest BCUT2D eigenvalue weighted by molar-refractivity contribution is 7.15. The quantitative estimate of drug-likeness (QED) is 0.786. The molecular formula is C19H22N2O4S. The molecular weight excluding hydrogens is 352 g/mol. The number of hydrogen-bond donors (Lipinski definition) is 1. The van der Waals surface area contributed by atoms with E-state index in [2.05, 4.69) is 21.0 Å². The Balaban J connectivity index is 1.61. The molecule has 2 aromatic rings. The van der Waals surface area contributed by atoms with Crippen LogP contribution < -0.4 is 5.32 Å². The van der Waals surface area contributed by atoms with Gasteiger partial charge >= 0.3 is 5.97 Å². The first-order valence-corrected chi connectivity index (χ1v) is 9.32. The minimum atomic E-state index is -0.426. The van der Waals surface area contributed by atoms with Gasteiger partial charge in [0.2, 0.25) is 0 Å². The molecule has 1 aliphatic heterocycles. The number of morpholine rings is 1. The molecule has 1 N–H and O–H groups in total. The summed E-state index contributed by atoms with van der Waals surface area (Å²) < 4.78 is 10.1. The van der Waals surface area contributed by atoms with Crippen molar-refractivity contribution in [2.45, 2.75) is 13.1 Å². The molecule has 2 heterocycles. The number of rotatable bonds is 6. The van der Waals surface area contributed by atoms with Crippen LogP contribution in [0.3, 0.4) is 0 Å². The zero-order chi connectivity index (χ0) is 18.4. The van der Waals surface area contributed by atoms with E-state index in [0.717, 1.165) is 49.7 Å². The highest BCUT2D eigenvalue weighted by Gasteiger charge is 2.15. The number of nitrogens with one attached hydrogen (secondary N) is 1. The molecule has 1 aliphatic rings. The number of benzene rings is 1. The fourth-order valence-electron chi connectivity index (χ4n) is 2.82. The highest BCUT2D eigenvalue weighted by atomic mass is 32.1. The lowest BCUT2D eigenvalue weighted by Crippen LogP contribution is -2.36. The highest BCUT2D eigenvalue weighted by Crippen LogP contribution is 2.18. The van der Waals surface area contributed by atoms with Crippen molar-refractivity contribution >= 4 is 23.2 Å². The molecule has 6 nitrogen and oxygen atoms in total. The average molecular weight is 374 g/mol. The number of carbonyl (C=O) groups is 2. The standard InChI is InChI=1S/C19H22N2O4S/c1-24-19(23)17-7-6-16(26-17)18(22)20-12-14-4-2-3-5-15(14)13-21-8-10-25-11-9-21/h2-7H,8-13H2,1H3,(H,20,22). The minimum absolute atomic E-state index is 0.189. The lowest BCUT2D eigenvalue weighted by atomic mass is 10.1. The number of carbonyl (C=O) groups excluding carboxylic acids is 2. The second kappa shape index (κ2) is 8.93. The van der Waals surface area contributed by atoms with Gasteiger partial charge in [0.15, 0.2) is 0 Å². The molecule has 0 unspecified atom stereocenters. The molecule has 0 spiro atoms. The van der Waals surface area contributed by atoms with Crippen molar-refractivity contribution in [3.63, 3.8) is 0 Å². The van der Waals surface area contributed by atoms with Crippen LogP contribution in [-0.4, -0.2) is 50.2 Å². The maximum atomic E-state index is 12.4. The zero-order valence-electron chi connectivity index (χ0n) is 14.7. The molecule has 26 heavy (non-hydrogen) atoms. The lowest BCUT2D eigenvalue weighted by Gasteiger charge is -2.27. The van der Waals surface area contributed by atoms with E-state index in [4.69, 9.17) is 4.74 Å². The van der Waals surface area contributed by atoms with E-state index >= 15 is 0 Å². The Kier molecular flexibility index (Phi) is 6.38. The van der Waals surface area contributed by atoms with Crippen molar-refractivity contribution in [1.82, 2.24) is 10.2 Å². The summed E-state index contributed by atoms with van der Waals surface area (Å²) in [6.45, 7) is 4.67. The first-order valence-electron chi connectivity index (χ1n) is 8.50. The molecule has 1 fully saturated rings. The molecule has 1 saturated heterocycles. The van der Waals surface area contributed by atoms with E-state index in [1.807, 2.05) is 18.2 Å². The molecule has 0 saturated carbocycles. The number of ether oxygens (including phenoxy) is 2. The van der Waals surface area contributed by atoms with Gasteiger partial charge in [-0.3, -0.25) is 9.69 Å². The molecule has 138 valence electrons. The van der Waals surface area contributed by atoms with Gasteiger partial charge < -0.3 is 14.8 Å². The van der Waals surface area contributed by atoms with Gasteiger partial charge in [0, 0.05) is 26.2 Å². The third kappa shape index (κ3) is 4.69. The molecule has 0 radical (unpaired) electrons. The Morgan fingerprint density at radius 3 is 2.54 bits per heavy atom. The van der Waals surface area contributed by atoms with Gasteiger partial charge in [0.25, 0.3) is 5.91 Å². The van der Waals surface area contributed by atoms with Crippen LogP contribution in [0.25, 0.3) is 0 Å². The summed E-state index contributed by atoms with van der Waals surface area (Å²) in [5, 5.41) is 2.94. The van der Waals surface area contributed by atoms with E-state index in [1.165, 1.54) is 12.7 Å². The predicted octanol–water partition coefficient (Wildman–Crippen LogP) is 2.30. The van der Waals surface area contributed by atoms with Gasteiger partial charge in [-0.15, -0.1) is 11.3 Å². The maximum Gasteiger partial charge on any atom is 0.348 e. The number of amides is 1. The summed E-state index contributed by atoms with van der Waals surface area (Å²) in [5.74, 6) is -0.615. The number of esters is 1. The molecule has 1 aromatic heterocycles. The normalized spacial score (nSPS) is 14.8. The van der Waals surface area contributed by atoms with E-state index in [9.17, 15) is 9.59 Å². The van der Waals surface area contributed by atoms with Crippen molar-refractivity contribution in [1.29, 1.82) is 0 Å². The van der Waals surface area contributed by atoms with Gasteiger partial charge in [-0.25, -0.2) is 4.79 Å². The van der Waals surface area contributed by atoms with Gasteiger partial charge in [-0.2, -0.15) is 0 Å². The summed E-state index contributed by atoms with van der Waals surface area (Å²) in [6, 6.07) is 11.4. The van der Waals surface area contributed by atoms with E-state index < -0.39 is 5.97 Å². The summed E-state index contributed by atoms with van der Waals surface area (Å²) in [5.41, 5.74) is 2.30. The average Bonchev–Trinajstić information content (AvgIpc) is 3.17. The van der Waals surface area contributed by atoms with E-state index in [-0.39, 0.29) is 5.91 Å². The van der Waals surface area contributed by atoms with Crippen molar-refractivity contribution in [3.05, 3.63) is 57.3 Å². The molecule has 1 amide bonds. The Morgan fingerprint density at radius 1 is 1.12 bits per heavy atom. The lowest BCUT2D eigenvalue weighted by molar-refractivity contribution is 0.0340. The largest absolute Gasteiger partial charge is 0.465 e. The Hall–Kier alpha value is -2.22. The van der Waals surface area contributed by atoms with E-state index in [1.54, 1.807) is 12.1 Å². The molecule has 0 atom stereocenters. The summed E-state index contributed by atoms with van der Waals surface area (Å²) >= 11 is 1.13. The Bertz CT molecular complexity index is 768. The number of methoxy groups -OCH3 is 1. The van der Waals surface area contributed by atoms with E-state index in [0.29, 0.717) is 16.3 Å². The second-order valence-corrected chi connectivity index (χ2v) is 7.08. The smallest absolute Gasteiger partial charge is 0.348 e. The van der Waals surface area contributed by atoms with Crippen LogP contribution in [0.2, 0.25) is 0 Å². The van der Waals surface area contributed by atoms with Crippen molar-refractivity contribution in [2.24, 2.45) is 0 Å². The molecule has 0 bridgehead atoms. The molecule has 1 aromatic carbocycles. The van der Waals surface area contributed by atoms with Crippen LogP contribution >= 0.6 is 11.3 Å². The monoisotopic (exact) mass is 374 g/mol. The summed E-state index contributed by atoms with van der Waals surface area (Å²) in [4.78, 5) is 27.1. The first kappa shape index (κ1) is 18.6. The fraction of sp³-hybridized carbons (Fsp3) is 0.368.